The van der Waals surface area contributed by atoms with Crippen molar-refractivity contribution in [3.05, 3.63) is 27.3 Å². The maximum Gasteiger partial charge on any atom is 0.141 e. The summed E-state index contributed by atoms with van der Waals surface area (Å²) in [5, 5.41) is 10.4. The third-order valence-corrected chi connectivity index (χ3v) is 4.21. The Morgan fingerprint density at radius 3 is 2.44 bits per heavy atom. The van der Waals surface area contributed by atoms with Gasteiger partial charge in [0.2, 0.25) is 0 Å². The zero-order chi connectivity index (χ0) is 13.3. The fourth-order valence-electron chi connectivity index (χ4n) is 2.94. The van der Waals surface area contributed by atoms with Gasteiger partial charge in [-0.3, -0.25) is 0 Å². The van der Waals surface area contributed by atoms with Gasteiger partial charge in [0.25, 0.3) is 0 Å². The van der Waals surface area contributed by atoms with Crippen LogP contribution >= 0.6 is 11.6 Å². The zero-order valence-electron chi connectivity index (χ0n) is 11.3. The summed E-state index contributed by atoms with van der Waals surface area (Å²) in [5.74, 6) is 0.760. The van der Waals surface area contributed by atoms with Crippen LogP contribution in [0.2, 0.25) is 5.02 Å². The first-order valence-corrected chi connectivity index (χ1v) is 6.98. The molecule has 1 unspecified atom stereocenters. The van der Waals surface area contributed by atoms with E-state index in [2.05, 4.69) is 6.92 Å². The van der Waals surface area contributed by atoms with E-state index in [1.54, 1.807) is 14.0 Å². The standard InChI is InChI=1S/C15H21ClO2/c1-9(17)8-13-10(2)11-6-4-5-7-12(11)14(16)15(13)18-3/h9,17H,4-8H2,1-3H3. The predicted octanol–water partition coefficient (Wildman–Crippen LogP) is 3.46. The number of rotatable bonds is 3. The summed E-state index contributed by atoms with van der Waals surface area (Å²) in [6, 6.07) is 0. The molecule has 1 aromatic rings. The molecule has 0 aliphatic heterocycles. The van der Waals surface area contributed by atoms with Crippen LogP contribution in [0.5, 0.6) is 5.75 Å². The summed E-state index contributed by atoms with van der Waals surface area (Å²) in [5.41, 5.74) is 4.96. The van der Waals surface area contributed by atoms with Crippen LogP contribution in [0.1, 0.15) is 42.0 Å². The first-order valence-electron chi connectivity index (χ1n) is 6.61. The molecular formula is C15H21ClO2. The summed E-state index contributed by atoms with van der Waals surface area (Å²) in [4.78, 5) is 0. The molecule has 18 heavy (non-hydrogen) atoms. The summed E-state index contributed by atoms with van der Waals surface area (Å²) in [6.45, 7) is 3.92. The molecule has 0 aromatic heterocycles. The number of methoxy groups -OCH3 is 1. The molecule has 0 bridgehead atoms. The zero-order valence-corrected chi connectivity index (χ0v) is 12.1. The van der Waals surface area contributed by atoms with Crippen molar-refractivity contribution in [1.82, 2.24) is 0 Å². The molecule has 0 saturated carbocycles. The molecule has 1 N–H and O–H groups in total. The lowest BCUT2D eigenvalue weighted by molar-refractivity contribution is 0.194. The number of fused-ring (bicyclic) bond motifs is 1. The molecule has 0 radical (unpaired) electrons. The van der Waals surface area contributed by atoms with E-state index < -0.39 is 0 Å². The molecule has 1 atom stereocenters. The second-order valence-corrected chi connectivity index (χ2v) is 5.55. The predicted molar refractivity (Wildman–Crippen MR) is 74.8 cm³/mol. The van der Waals surface area contributed by atoms with Crippen molar-refractivity contribution in [1.29, 1.82) is 0 Å². The van der Waals surface area contributed by atoms with Crippen LogP contribution in [0.3, 0.4) is 0 Å². The monoisotopic (exact) mass is 268 g/mol. The third kappa shape index (κ3) is 2.36. The van der Waals surface area contributed by atoms with Gasteiger partial charge in [-0.05, 0) is 56.2 Å². The quantitative estimate of drug-likeness (QED) is 0.910. The van der Waals surface area contributed by atoms with Crippen molar-refractivity contribution in [3.63, 3.8) is 0 Å². The topological polar surface area (TPSA) is 29.5 Å². The largest absolute Gasteiger partial charge is 0.495 e. The number of hydrogen-bond donors (Lipinski definition) is 1. The van der Waals surface area contributed by atoms with Gasteiger partial charge in [0.05, 0.1) is 18.2 Å². The summed E-state index contributed by atoms with van der Waals surface area (Å²) in [7, 11) is 1.65. The van der Waals surface area contributed by atoms with Crippen molar-refractivity contribution < 1.29 is 9.84 Å². The van der Waals surface area contributed by atoms with E-state index >= 15 is 0 Å². The average Bonchev–Trinajstić information content (AvgIpc) is 2.36. The second kappa shape index (κ2) is 5.50. The third-order valence-electron chi connectivity index (χ3n) is 3.82. The molecule has 0 spiro atoms. The van der Waals surface area contributed by atoms with Crippen LogP contribution in [0, 0.1) is 6.92 Å². The van der Waals surface area contributed by atoms with Gasteiger partial charge in [0.1, 0.15) is 5.75 Å². The van der Waals surface area contributed by atoms with Gasteiger partial charge in [-0.15, -0.1) is 0 Å². The Morgan fingerprint density at radius 2 is 1.89 bits per heavy atom. The van der Waals surface area contributed by atoms with Gasteiger partial charge < -0.3 is 9.84 Å². The molecule has 100 valence electrons. The molecule has 0 amide bonds. The SMILES string of the molecule is COc1c(Cl)c2c(c(C)c1CC(C)O)CCCC2. The minimum absolute atomic E-state index is 0.379. The molecule has 1 aliphatic rings. The molecule has 0 fully saturated rings. The van der Waals surface area contributed by atoms with Crippen LogP contribution in [0.15, 0.2) is 0 Å². The molecule has 0 heterocycles. The smallest absolute Gasteiger partial charge is 0.141 e. The highest BCUT2D eigenvalue weighted by atomic mass is 35.5. The van der Waals surface area contributed by atoms with Crippen molar-refractivity contribution in [3.8, 4) is 5.75 Å². The van der Waals surface area contributed by atoms with Gasteiger partial charge in [0.15, 0.2) is 0 Å². The first-order chi connectivity index (χ1) is 8.56. The normalized spacial score (nSPS) is 16.3. The highest BCUT2D eigenvalue weighted by molar-refractivity contribution is 6.33. The summed E-state index contributed by atoms with van der Waals surface area (Å²) < 4.78 is 5.48. The van der Waals surface area contributed by atoms with E-state index in [-0.39, 0.29) is 6.10 Å². The van der Waals surface area contributed by atoms with Crippen LogP contribution in [0.25, 0.3) is 0 Å². The van der Waals surface area contributed by atoms with E-state index in [9.17, 15) is 5.11 Å². The molecular weight excluding hydrogens is 248 g/mol. The van der Waals surface area contributed by atoms with Gasteiger partial charge in [-0.25, -0.2) is 0 Å². The lowest BCUT2D eigenvalue weighted by atomic mass is 9.84. The van der Waals surface area contributed by atoms with Crippen LogP contribution in [0.4, 0.5) is 0 Å². The van der Waals surface area contributed by atoms with Gasteiger partial charge in [-0.1, -0.05) is 11.6 Å². The van der Waals surface area contributed by atoms with Crippen molar-refractivity contribution in [2.45, 2.75) is 52.1 Å². The van der Waals surface area contributed by atoms with Crippen LogP contribution < -0.4 is 4.74 Å². The number of halogens is 1. The molecule has 2 nitrogen and oxygen atoms in total. The van der Waals surface area contributed by atoms with Gasteiger partial charge in [0, 0.05) is 12.0 Å². The second-order valence-electron chi connectivity index (χ2n) is 5.17. The van der Waals surface area contributed by atoms with Crippen molar-refractivity contribution in [2.24, 2.45) is 0 Å². The Balaban J connectivity index is 2.60. The lowest BCUT2D eigenvalue weighted by Gasteiger charge is -2.25. The Bertz CT molecular complexity index is 453. The van der Waals surface area contributed by atoms with E-state index in [1.807, 2.05) is 0 Å². The first kappa shape index (κ1) is 13.7. The molecule has 1 aromatic carbocycles. The van der Waals surface area contributed by atoms with E-state index in [0.29, 0.717) is 6.42 Å². The van der Waals surface area contributed by atoms with E-state index in [4.69, 9.17) is 16.3 Å². The summed E-state index contributed by atoms with van der Waals surface area (Å²) >= 11 is 6.48. The Kier molecular flexibility index (Phi) is 4.18. The van der Waals surface area contributed by atoms with Gasteiger partial charge in [-0.2, -0.15) is 0 Å². The fourth-order valence-corrected chi connectivity index (χ4v) is 3.34. The number of aliphatic hydroxyl groups is 1. The number of hydrogen-bond acceptors (Lipinski definition) is 2. The highest BCUT2D eigenvalue weighted by Gasteiger charge is 2.23. The minimum Gasteiger partial charge on any atom is -0.495 e. The van der Waals surface area contributed by atoms with Gasteiger partial charge >= 0.3 is 0 Å². The molecule has 3 heteroatoms. The maximum absolute atomic E-state index is 9.65. The lowest BCUT2D eigenvalue weighted by Crippen LogP contribution is -2.13. The fraction of sp³-hybridized carbons (Fsp3) is 0.600. The number of ether oxygens (including phenoxy) is 1. The maximum atomic E-state index is 9.65. The number of aliphatic hydroxyl groups excluding tert-OH is 1. The molecule has 1 aliphatic carbocycles. The molecule has 2 rings (SSSR count). The van der Waals surface area contributed by atoms with E-state index in [1.165, 1.54) is 29.5 Å². The Morgan fingerprint density at radius 1 is 1.28 bits per heavy atom. The average molecular weight is 269 g/mol. The number of benzene rings is 1. The van der Waals surface area contributed by atoms with Crippen LogP contribution in [-0.2, 0) is 19.3 Å². The van der Waals surface area contributed by atoms with Crippen molar-refractivity contribution in [2.75, 3.05) is 7.11 Å². The van der Waals surface area contributed by atoms with E-state index in [0.717, 1.165) is 29.2 Å². The minimum atomic E-state index is -0.379. The van der Waals surface area contributed by atoms with Crippen molar-refractivity contribution >= 4 is 11.6 Å². The summed E-state index contributed by atoms with van der Waals surface area (Å²) in [6.07, 6.45) is 4.78. The highest BCUT2D eigenvalue weighted by Crippen LogP contribution is 2.41. The molecule has 0 saturated heterocycles. The Labute approximate surface area is 114 Å². The van der Waals surface area contributed by atoms with Crippen LogP contribution in [-0.4, -0.2) is 18.3 Å². The Hall–Kier alpha value is -0.730.